The van der Waals surface area contributed by atoms with Gasteiger partial charge in [-0.2, -0.15) is 0 Å². The summed E-state index contributed by atoms with van der Waals surface area (Å²) in [6.45, 7) is 0. The molecule has 1 heterocycles. The van der Waals surface area contributed by atoms with Gasteiger partial charge in [-0.25, -0.2) is 0 Å². The van der Waals surface area contributed by atoms with Crippen LogP contribution in [0.2, 0.25) is 4.34 Å². The van der Waals surface area contributed by atoms with Crippen LogP contribution in [0.15, 0.2) is 6.07 Å². The van der Waals surface area contributed by atoms with Crippen molar-refractivity contribution in [3.05, 3.63) is 20.8 Å². The van der Waals surface area contributed by atoms with Crippen LogP contribution in [0.4, 0.5) is 0 Å². The standard InChI is InChI=1S/C18H24ClNS/c19-18-9-14-15(5-2-6-17(14)21-18)20-16-8-10-7-13(16)12-4-1-3-11(10)12/h9-13,15-16,20H,1-8H2. The maximum atomic E-state index is 6.26. The molecular formula is C18H24ClNS. The second kappa shape index (κ2) is 4.97. The van der Waals surface area contributed by atoms with Crippen molar-refractivity contribution in [1.82, 2.24) is 5.32 Å². The molecule has 1 nitrogen and oxygen atoms in total. The molecule has 6 atom stereocenters. The van der Waals surface area contributed by atoms with Crippen molar-refractivity contribution in [2.24, 2.45) is 23.7 Å². The largest absolute Gasteiger partial charge is 0.307 e. The summed E-state index contributed by atoms with van der Waals surface area (Å²) >= 11 is 8.07. The van der Waals surface area contributed by atoms with Gasteiger partial charge in [0.15, 0.2) is 0 Å². The number of halogens is 1. The predicted octanol–water partition coefficient (Wildman–Crippen LogP) is 5.19. The predicted molar refractivity (Wildman–Crippen MR) is 89.0 cm³/mol. The smallest absolute Gasteiger partial charge is 0.0934 e. The third-order valence-corrected chi connectivity index (χ3v) is 8.27. The van der Waals surface area contributed by atoms with Crippen LogP contribution in [0.5, 0.6) is 0 Å². The van der Waals surface area contributed by atoms with E-state index in [2.05, 4.69) is 11.4 Å². The van der Waals surface area contributed by atoms with E-state index >= 15 is 0 Å². The monoisotopic (exact) mass is 321 g/mol. The molecule has 3 heteroatoms. The van der Waals surface area contributed by atoms with Gasteiger partial charge in [0, 0.05) is 17.0 Å². The Morgan fingerprint density at radius 2 is 1.95 bits per heavy atom. The Morgan fingerprint density at radius 3 is 2.90 bits per heavy atom. The van der Waals surface area contributed by atoms with E-state index in [-0.39, 0.29) is 0 Å². The Kier molecular flexibility index (Phi) is 3.17. The lowest BCUT2D eigenvalue weighted by Gasteiger charge is -2.36. The lowest BCUT2D eigenvalue weighted by Crippen LogP contribution is -2.41. The number of nitrogens with one attached hydrogen (secondary N) is 1. The molecular weight excluding hydrogens is 298 g/mol. The molecule has 3 fully saturated rings. The van der Waals surface area contributed by atoms with E-state index in [1.54, 1.807) is 4.88 Å². The zero-order chi connectivity index (χ0) is 14.0. The lowest BCUT2D eigenvalue weighted by atomic mass is 9.78. The van der Waals surface area contributed by atoms with Gasteiger partial charge >= 0.3 is 0 Å². The first kappa shape index (κ1) is 13.4. The normalized spacial score (nSPS) is 44.0. The summed E-state index contributed by atoms with van der Waals surface area (Å²) in [5.74, 6) is 4.21. The zero-order valence-electron chi connectivity index (χ0n) is 12.5. The van der Waals surface area contributed by atoms with E-state index in [1.165, 1.54) is 56.9 Å². The Labute approximate surface area is 136 Å². The fourth-order valence-corrected chi connectivity index (χ4v) is 7.60. The number of thiophene rings is 1. The average molecular weight is 322 g/mol. The van der Waals surface area contributed by atoms with E-state index in [1.807, 2.05) is 11.3 Å². The van der Waals surface area contributed by atoms with E-state index in [9.17, 15) is 0 Å². The van der Waals surface area contributed by atoms with Gasteiger partial charge in [0.25, 0.3) is 0 Å². The van der Waals surface area contributed by atoms with Crippen LogP contribution in [0.1, 0.15) is 61.4 Å². The molecule has 0 radical (unpaired) electrons. The van der Waals surface area contributed by atoms with Crippen molar-refractivity contribution >= 4 is 22.9 Å². The number of fused-ring (bicyclic) bond motifs is 6. The minimum absolute atomic E-state index is 0.585. The van der Waals surface area contributed by atoms with Crippen molar-refractivity contribution in [2.75, 3.05) is 0 Å². The molecule has 5 rings (SSSR count). The first-order chi connectivity index (χ1) is 10.3. The van der Waals surface area contributed by atoms with Crippen molar-refractivity contribution in [2.45, 2.75) is 63.5 Å². The molecule has 0 aromatic carbocycles. The van der Waals surface area contributed by atoms with Crippen molar-refractivity contribution in [3.63, 3.8) is 0 Å². The van der Waals surface area contributed by atoms with Gasteiger partial charge in [-0.1, -0.05) is 18.0 Å². The molecule has 0 saturated heterocycles. The van der Waals surface area contributed by atoms with Gasteiger partial charge in [0.2, 0.25) is 0 Å². The molecule has 3 saturated carbocycles. The Balaban J connectivity index is 1.35. The average Bonchev–Trinajstić information content (AvgIpc) is 3.17. The lowest BCUT2D eigenvalue weighted by molar-refractivity contribution is 0.194. The van der Waals surface area contributed by atoms with Crippen molar-refractivity contribution in [3.8, 4) is 0 Å². The Hall–Kier alpha value is -0.0500. The molecule has 1 aromatic heterocycles. The van der Waals surface area contributed by atoms with Gasteiger partial charge in [-0.3, -0.25) is 0 Å². The molecule has 0 spiro atoms. The molecule has 4 aliphatic carbocycles. The van der Waals surface area contributed by atoms with Crippen molar-refractivity contribution < 1.29 is 0 Å². The SMILES string of the molecule is Clc1cc2c(s1)CCCC2NC1CC2CC1C1CCCC21. The molecule has 0 amide bonds. The minimum atomic E-state index is 0.585. The van der Waals surface area contributed by atoms with Gasteiger partial charge in [-0.05, 0) is 80.2 Å². The quantitative estimate of drug-likeness (QED) is 0.790. The highest BCUT2D eigenvalue weighted by Crippen LogP contribution is 2.59. The summed E-state index contributed by atoms with van der Waals surface area (Å²) < 4.78 is 0.984. The molecule has 114 valence electrons. The number of hydrogen-bond acceptors (Lipinski definition) is 2. The first-order valence-electron chi connectivity index (χ1n) is 8.84. The highest BCUT2D eigenvalue weighted by Gasteiger charge is 2.53. The van der Waals surface area contributed by atoms with Gasteiger partial charge < -0.3 is 5.32 Å². The maximum absolute atomic E-state index is 6.26. The van der Waals surface area contributed by atoms with E-state index in [0.717, 1.165) is 34.0 Å². The fraction of sp³-hybridized carbons (Fsp3) is 0.778. The Morgan fingerprint density at radius 1 is 1.05 bits per heavy atom. The molecule has 0 aliphatic heterocycles. The summed E-state index contributed by atoms with van der Waals surface area (Å²) in [5, 5.41) is 4.08. The summed E-state index contributed by atoms with van der Waals surface area (Å²) in [4.78, 5) is 1.55. The summed E-state index contributed by atoms with van der Waals surface area (Å²) in [6, 6.07) is 3.62. The third kappa shape index (κ3) is 2.05. The molecule has 6 unspecified atom stereocenters. The highest BCUT2D eigenvalue weighted by molar-refractivity contribution is 7.16. The van der Waals surface area contributed by atoms with Crippen LogP contribution >= 0.6 is 22.9 Å². The van der Waals surface area contributed by atoms with E-state index < -0.39 is 0 Å². The zero-order valence-corrected chi connectivity index (χ0v) is 14.1. The van der Waals surface area contributed by atoms with Crippen LogP contribution in [-0.2, 0) is 6.42 Å². The molecule has 21 heavy (non-hydrogen) atoms. The van der Waals surface area contributed by atoms with Crippen LogP contribution in [-0.4, -0.2) is 6.04 Å². The molecule has 1 N–H and O–H groups in total. The summed E-state index contributed by atoms with van der Waals surface area (Å²) in [5.41, 5.74) is 1.53. The van der Waals surface area contributed by atoms with E-state index in [4.69, 9.17) is 11.6 Å². The van der Waals surface area contributed by atoms with Crippen LogP contribution in [0.25, 0.3) is 0 Å². The second-order valence-electron chi connectivity index (χ2n) is 7.80. The first-order valence-corrected chi connectivity index (χ1v) is 10.0. The molecule has 1 aromatic rings. The number of rotatable bonds is 2. The fourth-order valence-electron chi connectivity index (χ4n) is 6.21. The summed E-state index contributed by atoms with van der Waals surface area (Å²) in [7, 11) is 0. The topological polar surface area (TPSA) is 12.0 Å². The van der Waals surface area contributed by atoms with Gasteiger partial charge in [0.05, 0.1) is 4.34 Å². The molecule has 2 bridgehead atoms. The number of aryl methyl sites for hydroxylation is 1. The Bertz CT molecular complexity index is 553. The minimum Gasteiger partial charge on any atom is -0.307 e. The highest BCUT2D eigenvalue weighted by atomic mass is 35.5. The van der Waals surface area contributed by atoms with Gasteiger partial charge in [-0.15, -0.1) is 11.3 Å². The van der Waals surface area contributed by atoms with Crippen molar-refractivity contribution in [1.29, 1.82) is 0 Å². The van der Waals surface area contributed by atoms with Gasteiger partial charge in [0.1, 0.15) is 0 Å². The number of hydrogen-bond donors (Lipinski definition) is 1. The summed E-state index contributed by atoms with van der Waals surface area (Å²) in [6.07, 6.45) is 11.4. The molecule has 4 aliphatic rings. The van der Waals surface area contributed by atoms with Crippen LogP contribution in [0.3, 0.4) is 0 Å². The van der Waals surface area contributed by atoms with Crippen LogP contribution < -0.4 is 5.32 Å². The van der Waals surface area contributed by atoms with E-state index in [0.29, 0.717) is 6.04 Å². The maximum Gasteiger partial charge on any atom is 0.0934 e. The third-order valence-electron chi connectivity index (χ3n) is 6.93. The second-order valence-corrected chi connectivity index (χ2v) is 9.57. The van der Waals surface area contributed by atoms with Crippen LogP contribution in [0, 0.1) is 23.7 Å².